The average molecular weight is 277 g/mol. The fraction of sp³-hybridized carbons (Fsp3) is 0.500. The van der Waals surface area contributed by atoms with E-state index in [1.54, 1.807) is 7.11 Å². The van der Waals surface area contributed by atoms with Crippen LogP contribution in [0, 0.1) is 20.8 Å². The van der Waals surface area contributed by atoms with Crippen molar-refractivity contribution >= 4 is 0 Å². The van der Waals surface area contributed by atoms with E-state index >= 15 is 0 Å². The van der Waals surface area contributed by atoms with Crippen molar-refractivity contribution in [1.82, 2.24) is 5.32 Å². The van der Waals surface area contributed by atoms with E-state index in [9.17, 15) is 0 Å². The molecule has 0 saturated heterocycles. The van der Waals surface area contributed by atoms with E-state index in [4.69, 9.17) is 13.6 Å². The summed E-state index contributed by atoms with van der Waals surface area (Å²) in [5.74, 6) is 3.63. The van der Waals surface area contributed by atoms with Crippen molar-refractivity contribution in [1.29, 1.82) is 0 Å². The van der Waals surface area contributed by atoms with E-state index in [1.165, 1.54) is 11.1 Å². The highest BCUT2D eigenvalue weighted by molar-refractivity contribution is 5.38. The van der Waals surface area contributed by atoms with Crippen molar-refractivity contribution in [3.8, 4) is 0 Å². The Morgan fingerprint density at radius 3 is 2.45 bits per heavy atom. The molecule has 0 aliphatic carbocycles. The molecule has 0 saturated carbocycles. The molecule has 4 nitrogen and oxygen atoms in total. The lowest BCUT2D eigenvalue weighted by Gasteiger charge is -2.16. The second kappa shape index (κ2) is 6.29. The quantitative estimate of drug-likeness (QED) is 0.875. The third kappa shape index (κ3) is 2.81. The van der Waals surface area contributed by atoms with Crippen LogP contribution >= 0.6 is 0 Å². The Morgan fingerprint density at radius 2 is 1.90 bits per heavy atom. The standard InChI is InChI=1S/C16H23NO3/c1-6-17-16(14-8-7-13(20-14)9-18-5)15-10(2)11(3)19-12(15)4/h7-8,16-17H,6,9H2,1-5H3. The number of hydrogen-bond acceptors (Lipinski definition) is 4. The Labute approximate surface area is 120 Å². The highest BCUT2D eigenvalue weighted by Gasteiger charge is 2.24. The Kier molecular flexibility index (Phi) is 4.68. The summed E-state index contributed by atoms with van der Waals surface area (Å²) in [6.45, 7) is 9.51. The fourth-order valence-corrected chi connectivity index (χ4v) is 2.55. The summed E-state index contributed by atoms with van der Waals surface area (Å²) in [4.78, 5) is 0. The van der Waals surface area contributed by atoms with Crippen LogP contribution in [0.4, 0.5) is 0 Å². The number of furan rings is 2. The predicted octanol–water partition coefficient (Wildman–Crippen LogP) is 3.64. The first-order valence-corrected chi connectivity index (χ1v) is 6.95. The highest BCUT2D eigenvalue weighted by Crippen LogP contribution is 2.32. The summed E-state index contributed by atoms with van der Waals surface area (Å²) in [6.07, 6.45) is 0. The molecule has 110 valence electrons. The number of rotatable bonds is 6. The van der Waals surface area contributed by atoms with E-state index in [1.807, 2.05) is 26.0 Å². The molecule has 0 amide bonds. The fourth-order valence-electron chi connectivity index (χ4n) is 2.55. The maximum atomic E-state index is 5.88. The highest BCUT2D eigenvalue weighted by atomic mass is 16.5. The van der Waals surface area contributed by atoms with Gasteiger partial charge in [0.25, 0.3) is 0 Å². The second-order valence-corrected chi connectivity index (χ2v) is 4.98. The summed E-state index contributed by atoms with van der Waals surface area (Å²) >= 11 is 0. The Balaban J connectivity index is 2.39. The van der Waals surface area contributed by atoms with Crippen molar-refractivity contribution in [2.24, 2.45) is 0 Å². The van der Waals surface area contributed by atoms with Gasteiger partial charge >= 0.3 is 0 Å². The van der Waals surface area contributed by atoms with Crippen LogP contribution in [-0.4, -0.2) is 13.7 Å². The molecule has 1 unspecified atom stereocenters. The van der Waals surface area contributed by atoms with E-state index in [-0.39, 0.29) is 6.04 Å². The Hall–Kier alpha value is -1.52. The Bertz CT molecular complexity index is 568. The van der Waals surface area contributed by atoms with Gasteiger partial charge in [-0.05, 0) is 45.0 Å². The third-order valence-corrected chi connectivity index (χ3v) is 3.57. The minimum Gasteiger partial charge on any atom is -0.466 e. The zero-order valence-electron chi connectivity index (χ0n) is 12.9. The van der Waals surface area contributed by atoms with Crippen LogP contribution in [0.5, 0.6) is 0 Å². The van der Waals surface area contributed by atoms with Crippen molar-refractivity contribution in [2.45, 2.75) is 40.3 Å². The van der Waals surface area contributed by atoms with Crippen LogP contribution in [0.15, 0.2) is 21.0 Å². The maximum absolute atomic E-state index is 5.88. The van der Waals surface area contributed by atoms with Crippen LogP contribution < -0.4 is 5.32 Å². The normalized spacial score (nSPS) is 12.8. The zero-order valence-corrected chi connectivity index (χ0v) is 12.9. The molecule has 2 rings (SSSR count). The van der Waals surface area contributed by atoms with Crippen molar-refractivity contribution in [2.75, 3.05) is 13.7 Å². The zero-order chi connectivity index (χ0) is 14.7. The summed E-state index contributed by atoms with van der Waals surface area (Å²) in [5.41, 5.74) is 2.35. The number of aryl methyl sites for hydroxylation is 2. The molecule has 2 aromatic heterocycles. The molecular formula is C16H23NO3. The van der Waals surface area contributed by atoms with E-state index in [0.29, 0.717) is 6.61 Å². The van der Waals surface area contributed by atoms with Crippen molar-refractivity contribution in [3.63, 3.8) is 0 Å². The molecule has 0 bridgehead atoms. The van der Waals surface area contributed by atoms with Gasteiger partial charge in [0.15, 0.2) is 0 Å². The number of methoxy groups -OCH3 is 1. The molecular weight excluding hydrogens is 254 g/mol. The molecule has 0 radical (unpaired) electrons. The topological polar surface area (TPSA) is 47.5 Å². The first kappa shape index (κ1) is 14.9. The maximum Gasteiger partial charge on any atom is 0.129 e. The molecule has 0 aromatic carbocycles. The van der Waals surface area contributed by atoms with Gasteiger partial charge in [0.05, 0.1) is 6.04 Å². The van der Waals surface area contributed by atoms with Gasteiger partial charge in [-0.1, -0.05) is 6.92 Å². The summed E-state index contributed by atoms with van der Waals surface area (Å²) in [7, 11) is 1.66. The van der Waals surface area contributed by atoms with Crippen molar-refractivity contribution < 1.29 is 13.6 Å². The van der Waals surface area contributed by atoms with Gasteiger partial charge < -0.3 is 18.9 Å². The van der Waals surface area contributed by atoms with Crippen molar-refractivity contribution in [3.05, 3.63) is 46.3 Å². The largest absolute Gasteiger partial charge is 0.466 e. The van der Waals surface area contributed by atoms with Gasteiger partial charge in [-0.2, -0.15) is 0 Å². The molecule has 0 fully saturated rings. The molecule has 1 atom stereocenters. The van der Waals surface area contributed by atoms with Gasteiger partial charge in [-0.15, -0.1) is 0 Å². The SMILES string of the molecule is CCNC(c1ccc(COC)o1)c1c(C)oc(C)c1C. The molecule has 20 heavy (non-hydrogen) atoms. The Morgan fingerprint density at radius 1 is 1.15 bits per heavy atom. The molecule has 0 spiro atoms. The molecule has 1 N–H and O–H groups in total. The lowest BCUT2D eigenvalue weighted by Crippen LogP contribution is -2.22. The van der Waals surface area contributed by atoms with Gasteiger partial charge in [0.1, 0.15) is 29.6 Å². The minimum atomic E-state index is 0.0167. The van der Waals surface area contributed by atoms with Crippen LogP contribution in [0.2, 0.25) is 0 Å². The van der Waals surface area contributed by atoms with E-state index < -0.39 is 0 Å². The van der Waals surface area contributed by atoms with Gasteiger partial charge in [-0.25, -0.2) is 0 Å². The minimum absolute atomic E-state index is 0.0167. The molecule has 0 aliphatic heterocycles. The van der Waals surface area contributed by atoms with Gasteiger partial charge in [0.2, 0.25) is 0 Å². The lowest BCUT2D eigenvalue weighted by molar-refractivity contribution is 0.162. The molecule has 4 heteroatoms. The summed E-state index contributed by atoms with van der Waals surface area (Å²) in [6, 6.07) is 3.98. The van der Waals surface area contributed by atoms with Crippen LogP contribution in [0.3, 0.4) is 0 Å². The lowest BCUT2D eigenvalue weighted by atomic mass is 10.00. The van der Waals surface area contributed by atoms with Gasteiger partial charge in [0, 0.05) is 12.7 Å². The average Bonchev–Trinajstić information content (AvgIpc) is 2.95. The summed E-state index contributed by atoms with van der Waals surface area (Å²) in [5, 5.41) is 3.47. The summed E-state index contributed by atoms with van der Waals surface area (Å²) < 4.78 is 16.7. The first-order valence-electron chi connectivity index (χ1n) is 6.95. The second-order valence-electron chi connectivity index (χ2n) is 4.98. The van der Waals surface area contributed by atoms with E-state index in [2.05, 4.69) is 19.2 Å². The smallest absolute Gasteiger partial charge is 0.129 e. The molecule has 0 aliphatic rings. The van der Waals surface area contributed by atoms with Crippen LogP contribution in [0.1, 0.15) is 47.1 Å². The number of hydrogen-bond donors (Lipinski definition) is 1. The van der Waals surface area contributed by atoms with E-state index in [0.717, 1.165) is 29.6 Å². The van der Waals surface area contributed by atoms with Crippen LogP contribution in [-0.2, 0) is 11.3 Å². The first-order chi connectivity index (χ1) is 9.58. The monoisotopic (exact) mass is 277 g/mol. The predicted molar refractivity (Wildman–Crippen MR) is 77.9 cm³/mol. The molecule has 2 aromatic rings. The van der Waals surface area contributed by atoms with Crippen LogP contribution in [0.25, 0.3) is 0 Å². The number of nitrogens with one attached hydrogen (secondary N) is 1. The van der Waals surface area contributed by atoms with Gasteiger partial charge in [-0.3, -0.25) is 0 Å². The third-order valence-electron chi connectivity index (χ3n) is 3.57. The number of ether oxygens (including phenoxy) is 1. The molecule has 2 heterocycles.